The lowest BCUT2D eigenvalue weighted by molar-refractivity contribution is 0.102. The van der Waals surface area contributed by atoms with Gasteiger partial charge in [-0.3, -0.25) is 0 Å². The van der Waals surface area contributed by atoms with Gasteiger partial charge in [-0.1, -0.05) is 6.92 Å². The van der Waals surface area contributed by atoms with E-state index in [2.05, 4.69) is 20.3 Å². The Hall–Kier alpha value is -3.90. The molecule has 170 valence electrons. The van der Waals surface area contributed by atoms with Crippen LogP contribution in [0.4, 0.5) is 10.1 Å². The summed E-state index contributed by atoms with van der Waals surface area (Å²) in [4.78, 5) is 12.4. The number of aliphatic hydroxyl groups excluding tert-OH is 1. The van der Waals surface area contributed by atoms with Gasteiger partial charge in [-0.05, 0) is 43.7 Å². The van der Waals surface area contributed by atoms with E-state index >= 15 is 0 Å². The number of rotatable bonds is 8. The van der Waals surface area contributed by atoms with Crippen molar-refractivity contribution < 1.29 is 19.0 Å². The first-order chi connectivity index (χ1) is 15.9. The van der Waals surface area contributed by atoms with Crippen LogP contribution in [0.15, 0.2) is 30.3 Å². The van der Waals surface area contributed by atoms with Crippen molar-refractivity contribution in [2.45, 2.75) is 26.4 Å². The number of ether oxygens (including phenoxy) is 2. The number of nitrogens with one attached hydrogen (secondary N) is 2. The Kier molecular flexibility index (Phi) is 6.29. The van der Waals surface area contributed by atoms with E-state index in [4.69, 9.17) is 14.7 Å². The summed E-state index contributed by atoms with van der Waals surface area (Å²) in [6.45, 7) is 3.57. The number of hydrogen-bond acceptors (Lipinski definition) is 7. The van der Waals surface area contributed by atoms with Crippen LogP contribution in [-0.2, 0) is 0 Å². The quantitative estimate of drug-likeness (QED) is 0.367. The van der Waals surface area contributed by atoms with Crippen molar-refractivity contribution in [3.63, 3.8) is 0 Å². The molecule has 33 heavy (non-hydrogen) atoms. The van der Waals surface area contributed by atoms with Crippen molar-refractivity contribution >= 4 is 27.6 Å². The van der Waals surface area contributed by atoms with E-state index in [0.29, 0.717) is 57.1 Å². The molecule has 9 heteroatoms. The Bertz CT molecular complexity index is 1360. The van der Waals surface area contributed by atoms with Gasteiger partial charge in [-0.2, -0.15) is 5.26 Å². The zero-order valence-corrected chi connectivity index (χ0v) is 18.6. The average molecular weight is 449 g/mol. The van der Waals surface area contributed by atoms with Crippen LogP contribution in [0.3, 0.4) is 0 Å². The third-order valence-electron chi connectivity index (χ3n) is 5.32. The SMILES string of the molecule is CC[C@H](O)COc1ccc(-c2nc(C)nc3[nH]c4c(NC)cc(F)cc4c23)cc1OCC#N. The third kappa shape index (κ3) is 4.38. The first-order valence-electron chi connectivity index (χ1n) is 10.6. The Morgan fingerprint density at radius 3 is 2.76 bits per heavy atom. The second kappa shape index (κ2) is 9.30. The molecular formula is C24H24FN5O3. The summed E-state index contributed by atoms with van der Waals surface area (Å²) in [5.74, 6) is 0.923. The standard InChI is InChI=1S/C24H24FN5O3/c1-4-16(31)12-33-19-6-5-14(9-20(19)32-8-7-26)22-21-17-10-15(25)11-18(27-3)23(17)30-24(21)29-13(2)28-22/h5-6,9-11,16,27,31H,4,8,12H2,1-3H3,(H,28,29,30)/t16-/m0/s1. The molecule has 0 fully saturated rings. The zero-order chi connectivity index (χ0) is 23.5. The van der Waals surface area contributed by atoms with Crippen molar-refractivity contribution in [2.24, 2.45) is 0 Å². The van der Waals surface area contributed by atoms with Crippen LogP contribution in [0.5, 0.6) is 11.5 Å². The molecule has 4 rings (SSSR count). The fourth-order valence-corrected chi connectivity index (χ4v) is 3.68. The predicted molar refractivity (Wildman–Crippen MR) is 124 cm³/mol. The van der Waals surface area contributed by atoms with Crippen LogP contribution in [0, 0.1) is 24.1 Å². The lowest BCUT2D eigenvalue weighted by atomic mass is 10.0. The Labute approximate surface area is 190 Å². The molecule has 2 aromatic heterocycles. The summed E-state index contributed by atoms with van der Waals surface area (Å²) in [5.41, 5.74) is 3.21. The second-order valence-corrected chi connectivity index (χ2v) is 7.58. The van der Waals surface area contributed by atoms with E-state index in [1.807, 2.05) is 19.1 Å². The molecule has 0 aliphatic carbocycles. The van der Waals surface area contributed by atoms with Crippen LogP contribution in [0.25, 0.3) is 33.2 Å². The molecule has 0 unspecified atom stereocenters. The van der Waals surface area contributed by atoms with E-state index < -0.39 is 6.10 Å². The summed E-state index contributed by atoms with van der Waals surface area (Å²) < 4.78 is 25.7. The van der Waals surface area contributed by atoms with Crippen molar-refractivity contribution in [1.29, 1.82) is 5.26 Å². The summed E-state index contributed by atoms with van der Waals surface area (Å²) >= 11 is 0. The second-order valence-electron chi connectivity index (χ2n) is 7.58. The number of aliphatic hydroxyl groups is 1. The zero-order valence-electron chi connectivity index (χ0n) is 18.6. The minimum Gasteiger partial charge on any atom is -0.487 e. The number of hydrogen-bond donors (Lipinski definition) is 3. The predicted octanol–water partition coefficient (Wildman–Crippen LogP) is 4.32. The topological polar surface area (TPSA) is 116 Å². The molecule has 0 aliphatic rings. The monoisotopic (exact) mass is 449 g/mol. The van der Waals surface area contributed by atoms with E-state index in [-0.39, 0.29) is 19.0 Å². The number of aryl methyl sites for hydroxylation is 1. The highest BCUT2D eigenvalue weighted by Crippen LogP contribution is 2.39. The number of halogens is 1. The van der Waals surface area contributed by atoms with Crippen molar-refractivity contribution in [1.82, 2.24) is 15.0 Å². The average Bonchev–Trinajstić information content (AvgIpc) is 3.18. The lowest BCUT2D eigenvalue weighted by Crippen LogP contribution is -2.16. The number of aromatic amines is 1. The minimum absolute atomic E-state index is 0.101. The summed E-state index contributed by atoms with van der Waals surface area (Å²) in [6, 6.07) is 10.1. The highest BCUT2D eigenvalue weighted by molar-refractivity contribution is 6.15. The van der Waals surface area contributed by atoms with Gasteiger partial charge in [0.1, 0.15) is 30.0 Å². The highest BCUT2D eigenvalue weighted by atomic mass is 19.1. The molecule has 0 aliphatic heterocycles. The molecular weight excluding hydrogens is 425 g/mol. The van der Waals surface area contributed by atoms with E-state index in [0.717, 1.165) is 5.52 Å². The first kappa shape index (κ1) is 22.3. The summed E-state index contributed by atoms with van der Waals surface area (Å²) in [5, 5.41) is 23.1. The molecule has 0 amide bonds. The number of nitriles is 1. The highest BCUT2D eigenvalue weighted by Gasteiger charge is 2.19. The van der Waals surface area contributed by atoms with Gasteiger partial charge in [0.05, 0.1) is 28.4 Å². The van der Waals surface area contributed by atoms with Gasteiger partial charge in [0, 0.05) is 18.0 Å². The summed E-state index contributed by atoms with van der Waals surface area (Å²) in [7, 11) is 1.73. The molecule has 8 nitrogen and oxygen atoms in total. The molecule has 2 heterocycles. The number of H-pyrrole nitrogens is 1. The molecule has 3 N–H and O–H groups in total. The first-order valence-corrected chi connectivity index (χ1v) is 10.6. The van der Waals surface area contributed by atoms with Crippen molar-refractivity contribution in [3.05, 3.63) is 42.0 Å². The van der Waals surface area contributed by atoms with Gasteiger partial charge in [0.25, 0.3) is 0 Å². The molecule has 0 saturated carbocycles. The third-order valence-corrected chi connectivity index (χ3v) is 5.32. The molecule has 4 aromatic rings. The van der Waals surface area contributed by atoms with Gasteiger partial charge in [-0.15, -0.1) is 0 Å². The lowest BCUT2D eigenvalue weighted by Gasteiger charge is -2.15. The molecule has 0 spiro atoms. The van der Waals surface area contributed by atoms with E-state index in [9.17, 15) is 9.50 Å². The summed E-state index contributed by atoms with van der Waals surface area (Å²) in [6.07, 6.45) is -0.0590. The number of anilines is 1. The van der Waals surface area contributed by atoms with Crippen LogP contribution < -0.4 is 14.8 Å². The fourth-order valence-electron chi connectivity index (χ4n) is 3.68. The van der Waals surface area contributed by atoms with Gasteiger partial charge in [0.15, 0.2) is 18.1 Å². The number of nitrogens with zero attached hydrogens (tertiary/aromatic N) is 3. The van der Waals surface area contributed by atoms with Gasteiger partial charge < -0.3 is 24.9 Å². The molecule has 0 radical (unpaired) electrons. The number of aromatic nitrogens is 3. The van der Waals surface area contributed by atoms with Gasteiger partial charge >= 0.3 is 0 Å². The largest absolute Gasteiger partial charge is 0.487 e. The minimum atomic E-state index is -0.611. The van der Waals surface area contributed by atoms with Crippen molar-refractivity contribution in [3.8, 4) is 28.8 Å². The molecule has 1 atom stereocenters. The maximum absolute atomic E-state index is 14.4. The van der Waals surface area contributed by atoms with Gasteiger partial charge in [0.2, 0.25) is 0 Å². The Morgan fingerprint density at radius 2 is 2.03 bits per heavy atom. The maximum Gasteiger partial charge on any atom is 0.174 e. The maximum atomic E-state index is 14.4. The molecule has 2 aromatic carbocycles. The normalized spacial score (nSPS) is 12.0. The Balaban J connectivity index is 1.89. The smallest absolute Gasteiger partial charge is 0.174 e. The van der Waals surface area contributed by atoms with E-state index in [1.54, 1.807) is 26.1 Å². The van der Waals surface area contributed by atoms with Crippen LogP contribution in [-0.4, -0.2) is 46.4 Å². The van der Waals surface area contributed by atoms with Crippen molar-refractivity contribution in [2.75, 3.05) is 25.6 Å². The fraction of sp³-hybridized carbons (Fsp3) is 0.292. The molecule has 0 bridgehead atoms. The number of benzene rings is 2. The van der Waals surface area contributed by atoms with Crippen LogP contribution >= 0.6 is 0 Å². The van der Waals surface area contributed by atoms with Crippen LogP contribution in [0.1, 0.15) is 19.2 Å². The van der Waals surface area contributed by atoms with Gasteiger partial charge in [-0.25, -0.2) is 14.4 Å². The number of fused-ring (bicyclic) bond motifs is 3. The Morgan fingerprint density at radius 1 is 1.21 bits per heavy atom. The molecule has 0 saturated heterocycles. The van der Waals surface area contributed by atoms with Crippen LogP contribution in [0.2, 0.25) is 0 Å². The van der Waals surface area contributed by atoms with E-state index in [1.165, 1.54) is 12.1 Å².